The number of carbonyl (C=O) groups is 2. The van der Waals surface area contributed by atoms with E-state index in [9.17, 15) is 9.59 Å². The largest absolute Gasteiger partial charge is 0.480 e. The van der Waals surface area contributed by atoms with E-state index in [4.69, 9.17) is 9.84 Å². The average molecular weight is 269 g/mol. The summed E-state index contributed by atoms with van der Waals surface area (Å²) in [6.07, 6.45) is -0.705. The van der Waals surface area contributed by atoms with E-state index in [-0.39, 0.29) is 11.8 Å². The predicted octanol–water partition coefficient (Wildman–Crippen LogP) is 2.40. The monoisotopic (exact) mass is 269 g/mol. The van der Waals surface area contributed by atoms with E-state index >= 15 is 0 Å². The highest BCUT2D eigenvalue weighted by Crippen LogP contribution is 2.10. The molecule has 0 spiro atoms. The van der Waals surface area contributed by atoms with Crippen LogP contribution in [0, 0.1) is 17.3 Å². The summed E-state index contributed by atoms with van der Waals surface area (Å²) < 4.78 is 5.00. The smallest absolute Gasteiger partial charge is 0.408 e. The highest BCUT2D eigenvalue weighted by molar-refractivity contribution is 5.80. The highest BCUT2D eigenvalue weighted by Gasteiger charge is 2.23. The molecule has 0 radical (unpaired) electrons. The fourth-order valence-electron chi connectivity index (χ4n) is 1.07. The van der Waals surface area contributed by atoms with Crippen LogP contribution < -0.4 is 5.32 Å². The highest BCUT2D eigenvalue weighted by atomic mass is 16.6. The molecular formula is C14H23NO4. The second-order valence-corrected chi connectivity index (χ2v) is 6.29. The minimum absolute atomic E-state index is 0.0475. The van der Waals surface area contributed by atoms with Gasteiger partial charge in [0.15, 0.2) is 0 Å². The molecule has 0 aliphatic carbocycles. The molecule has 5 heteroatoms. The van der Waals surface area contributed by atoms with E-state index in [1.54, 1.807) is 20.8 Å². The van der Waals surface area contributed by atoms with Gasteiger partial charge in [0, 0.05) is 11.8 Å². The molecule has 1 amide bonds. The lowest BCUT2D eigenvalue weighted by Crippen LogP contribution is -2.43. The molecule has 0 rings (SSSR count). The maximum Gasteiger partial charge on any atom is 0.408 e. The zero-order valence-electron chi connectivity index (χ0n) is 12.5. The normalized spacial score (nSPS) is 12.9. The Hall–Kier alpha value is -1.70. The fraction of sp³-hybridized carbons (Fsp3) is 0.714. The van der Waals surface area contributed by atoms with Gasteiger partial charge >= 0.3 is 12.1 Å². The summed E-state index contributed by atoms with van der Waals surface area (Å²) in [4.78, 5) is 22.5. The summed E-state index contributed by atoms with van der Waals surface area (Å²) >= 11 is 0. The molecule has 0 aliphatic rings. The lowest BCUT2D eigenvalue weighted by atomic mass is 9.97. The van der Waals surface area contributed by atoms with Gasteiger partial charge in [-0.1, -0.05) is 11.8 Å². The quantitative estimate of drug-likeness (QED) is 0.771. The molecule has 0 aromatic heterocycles. The number of alkyl carbamates (subject to hydrolysis) is 1. The molecule has 0 saturated carbocycles. The lowest BCUT2D eigenvalue weighted by molar-refractivity contribution is -0.139. The molecule has 0 unspecified atom stereocenters. The van der Waals surface area contributed by atoms with Crippen molar-refractivity contribution in [3.63, 3.8) is 0 Å². The molecule has 2 N–H and O–H groups in total. The maximum atomic E-state index is 11.5. The van der Waals surface area contributed by atoms with Crippen molar-refractivity contribution in [1.29, 1.82) is 0 Å². The van der Waals surface area contributed by atoms with Gasteiger partial charge in [-0.15, -0.1) is 0 Å². The molecule has 108 valence electrons. The third-order valence-electron chi connectivity index (χ3n) is 1.76. The third-order valence-corrected chi connectivity index (χ3v) is 1.76. The van der Waals surface area contributed by atoms with Crippen LogP contribution in [0.1, 0.15) is 48.0 Å². The molecule has 0 heterocycles. The lowest BCUT2D eigenvalue weighted by Gasteiger charge is -2.21. The number of hydrogen-bond acceptors (Lipinski definition) is 3. The van der Waals surface area contributed by atoms with Crippen LogP contribution in [0.4, 0.5) is 4.79 Å². The van der Waals surface area contributed by atoms with E-state index in [1.807, 2.05) is 20.8 Å². The standard InChI is InChI=1S/C14H23NO4/c1-13(2,3)9-7-8-10(11(16)17)15-12(18)19-14(4,5)6/h10H,8H2,1-6H3,(H,15,18)(H,16,17)/t10-/m0/s1. The second-order valence-electron chi connectivity index (χ2n) is 6.29. The summed E-state index contributed by atoms with van der Waals surface area (Å²) in [7, 11) is 0. The number of rotatable bonds is 3. The van der Waals surface area contributed by atoms with Gasteiger partial charge in [0.1, 0.15) is 11.6 Å². The SMILES string of the molecule is CC(C)(C)C#CC[C@H](NC(=O)OC(C)(C)C)C(=O)O. The van der Waals surface area contributed by atoms with E-state index in [0.717, 1.165) is 0 Å². The van der Waals surface area contributed by atoms with Gasteiger partial charge in [-0.05, 0) is 41.5 Å². The summed E-state index contributed by atoms with van der Waals surface area (Å²) in [5.74, 6) is 4.57. The number of carbonyl (C=O) groups excluding carboxylic acids is 1. The van der Waals surface area contributed by atoms with Crippen LogP contribution in [0.3, 0.4) is 0 Å². The number of hydrogen-bond donors (Lipinski definition) is 2. The van der Waals surface area contributed by atoms with Crippen LogP contribution in [-0.2, 0) is 9.53 Å². The Morgan fingerprint density at radius 2 is 1.74 bits per heavy atom. The van der Waals surface area contributed by atoms with Crippen molar-refractivity contribution < 1.29 is 19.4 Å². The molecule has 1 atom stereocenters. The number of amides is 1. The van der Waals surface area contributed by atoms with Crippen molar-refractivity contribution in [2.75, 3.05) is 0 Å². The maximum absolute atomic E-state index is 11.5. The second kappa shape index (κ2) is 6.46. The van der Waals surface area contributed by atoms with Crippen LogP contribution in [0.25, 0.3) is 0 Å². The molecule has 0 aromatic carbocycles. The molecule has 0 bridgehead atoms. The number of aliphatic carboxylic acids is 1. The van der Waals surface area contributed by atoms with Crippen LogP contribution in [0.5, 0.6) is 0 Å². The Kier molecular flexibility index (Phi) is 5.88. The van der Waals surface area contributed by atoms with E-state index in [1.165, 1.54) is 0 Å². The summed E-state index contributed by atoms with van der Waals surface area (Å²) in [5.41, 5.74) is -0.862. The number of carboxylic acids is 1. The molecule has 0 aliphatic heterocycles. The van der Waals surface area contributed by atoms with Crippen molar-refractivity contribution in [2.24, 2.45) is 5.41 Å². The summed E-state index contributed by atoms with van der Waals surface area (Å²) in [6.45, 7) is 10.9. The Balaban J connectivity index is 4.55. The first kappa shape index (κ1) is 17.3. The van der Waals surface area contributed by atoms with Crippen molar-refractivity contribution >= 4 is 12.1 Å². The predicted molar refractivity (Wildman–Crippen MR) is 72.6 cm³/mol. The van der Waals surface area contributed by atoms with E-state index in [0.29, 0.717) is 0 Å². The molecular weight excluding hydrogens is 246 g/mol. The van der Waals surface area contributed by atoms with Gasteiger partial charge in [0.05, 0.1) is 0 Å². The number of nitrogens with one attached hydrogen (secondary N) is 1. The number of ether oxygens (including phenoxy) is 1. The van der Waals surface area contributed by atoms with Crippen LogP contribution in [-0.4, -0.2) is 28.8 Å². The zero-order valence-corrected chi connectivity index (χ0v) is 12.5. The first-order chi connectivity index (χ1) is 8.41. The van der Waals surface area contributed by atoms with Gasteiger partial charge in [0.2, 0.25) is 0 Å². The van der Waals surface area contributed by atoms with Gasteiger partial charge in [-0.2, -0.15) is 0 Å². The Labute approximate surface area is 114 Å². The van der Waals surface area contributed by atoms with Gasteiger partial charge < -0.3 is 15.2 Å². The molecule has 0 fully saturated rings. The fourth-order valence-corrected chi connectivity index (χ4v) is 1.07. The van der Waals surface area contributed by atoms with Crippen molar-refractivity contribution in [2.45, 2.75) is 59.6 Å². The molecule has 5 nitrogen and oxygen atoms in total. The molecule has 19 heavy (non-hydrogen) atoms. The van der Waals surface area contributed by atoms with Gasteiger partial charge in [-0.25, -0.2) is 9.59 Å². The molecule has 0 aromatic rings. The number of carboxylic acid groups (broad SMARTS) is 1. The Bertz CT molecular complexity index is 390. The van der Waals surface area contributed by atoms with Gasteiger partial charge in [-0.3, -0.25) is 0 Å². The first-order valence-electron chi connectivity index (χ1n) is 6.13. The van der Waals surface area contributed by atoms with E-state index < -0.39 is 23.7 Å². The molecule has 0 saturated heterocycles. The Morgan fingerprint density at radius 3 is 2.11 bits per heavy atom. The van der Waals surface area contributed by atoms with Crippen molar-refractivity contribution in [1.82, 2.24) is 5.32 Å². The first-order valence-corrected chi connectivity index (χ1v) is 6.13. The van der Waals surface area contributed by atoms with Crippen molar-refractivity contribution in [3.8, 4) is 11.8 Å². The Morgan fingerprint density at radius 1 is 1.21 bits per heavy atom. The topological polar surface area (TPSA) is 75.6 Å². The van der Waals surface area contributed by atoms with Crippen LogP contribution >= 0.6 is 0 Å². The van der Waals surface area contributed by atoms with Crippen LogP contribution in [0.2, 0.25) is 0 Å². The average Bonchev–Trinajstić information content (AvgIpc) is 2.10. The van der Waals surface area contributed by atoms with Gasteiger partial charge in [0.25, 0.3) is 0 Å². The zero-order chi connectivity index (χ0) is 15.3. The minimum Gasteiger partial charge on any atom is -0.480 e. The summed E-state index contributed by atoms with van der Waals surface area (Å²) in [5, 5.41) is 11.3. The van der Waals surface area contributed by atoms with Crippen molar-refractivity contribution in [3.05, 3.63) is 0 Å². The third kappa shape index (κ3) is 9.95. The van der Waals surface area contributed by atoms with Crippen LogP contribution in [0.15, 0.2) is 0 Å². The minimum atomic E-state index is -1.13. The van der Waals surface area contributed by atoms with E-state index in [2.05, 4.69) is 17.2 Å². The summed E-state index contributed by atoms with van der Waals surface area (Å²) in [6, 6.07) is -1.07.